The van der Waals surface area contributed by atoms with E-state index in [1.54, 1.807) is 12.1 Å². The summed E-state index contributed by atoms with van der Waals surface area (Å²) in [5, 5.41) is 2.64. The summed E-state index contributed by atoms with van der Waals surface area (Å²) < 4.78 is 6.94. The van der Waals surface area contributed by atoms with Crippen molar-refractivity contribution in [3.8, 4) is 5.75 Å². The molecule has 0 aromatic heterocycles. The molecule has 0 aliphatic carbocycles. The Morgan fingerprint density at radius 3 is 2.88 bits per heavy atom. The van der Waals surface area contributed by atoms with Crippen molar-refractivity contribution in [2.45, 2.75) is 0 Å². The molecule has 0 saturated heterocycles. The van der Waals surface area contributed by atoms with Gasteiger partial charge in [-0.1, -0.05) is 44.5 Å². The average Bonchev–Trinajstić information content (AvgIpc) is 2.23. The second-order valence-electron chi connectivity index (χ2n) is 3.04. The standard InChI is InChI=1S/C11H11Br2NO2/c1-8(12)6-14-11(15)7-16-10-4-2-3-9(13)5-10/h2-5H,1,6-7H2,(H,14,15). The highest BCUT2D eigenvalue weighted by Crippen LogP contribution is 2.17. The van der Waals surface area contributed by atoms with Gasteiger partial charge in [0.05, 0.1) is 0 Å². The zero-order valence-electron chi connectivity index (χ0n) is 8.50. The van der Waals surface area contributed by atoms with Crippen LogP contribution >= 0.6 is 31.9 Å². The predicted octanol–water partition coefficient (Wildman–Crippen LogP) is 2.85. The monoisotopic (exact) mass is 347 g/mol. The van der Waals surface area contributed by atoms with Crippen molar-refractivity contribution >= 4 is 37.8 Å². The van der Waals surface area contributed by atoms with Gasteiger partial charge in [-0.25, -0.2) is 0 Å². The molecule has 3 nitrogen and oxygen atoms in total. The van der Waals surface area contributed by atoms with Crippen LogP contribution in [-0.4, -0.2) is 19.1 Å². The fourth-order valence-electron chi connectivity index (χ4n) is 0.951. The number of amides is 1. The van der Waals surface area contributed by atoms with Gasteiger partial charge in [-0.15, -0.1) is 0 Å². The summed E-state index contributed by atoms with van der Waals surface area (Å²) in [4.78, 5) is 11.3. The van der Waals surface area contributed by atoms with E-state index in [-0.39, 0.29) is 12.5 Å². The topological polar surface area (TPSA) is 38.3 Å². The molecule has 0 atom stereocenters. The molecule has 0 bridgehead atoms. The largest absolute Gasteiger partial charge is 0.484 e. The highest BCUT2D eigenvalue weighted by Gasteiger charge is 2.02. The van der Waals surface area contributed by atoms with Crippen LogP contribution < -0.4 is 10.1 Å². The molecule has 1 aromatic rings. The minimum absolute atomic E-state index is 0.00324. The van der Waals surface area contributed by atoms with Crippen molar-refractivity contribution in [2.24, 2.45) is 0 Å². The number of hydrogen-bond acceptors (Lipinski definition) is 2. The molecule has 5 heteroatoms. The molecule has 86 valence electrons. The predicted molar refractivity (Wildman–Crippen MR) is 70.7 cm³/mol. The molecule has 0 unspecified atom stereocenters. The zero-order chi connectivity index (χ0) is 12.0. The summed E-state index contributed by atoms with van der Waals surface area (Å²) in [7, 11) is 0. The number of hydrogen-bond donors (Lipinski definition) is 1. The molecule has 0 aliphatic heterocycles. The van der Waals surface area contributed by atoms with E-state index in [2.05, 4.69) is 43.8 Å². The number of halogens is 2. The Bertz CT molecular complexity index is 393. The van der Waals surface area contributed by atoms with Gasteiger partial charge >= 0.3 is 0 Å². The highest BCUT2D eigenvalue weighted by molar-refractivity contribution is 9.11. The summed E-state index contributed by atoms with van der Waals surface area (Å²) in [6.45, 7) is 4.01. The molecular formula is C11H11Br2NO2. The Labute approximate surface area is 111 Å². The number of carbonyl (C=O) groups is 1. The van der Waals surface area contributed by atoms with Crippen LogP contribution in [0.15, 0.2) is 39.8 Å². The van der Waals surface area contributed by atoms with E-state index in [0.29, 0.717) is 12.3 Å². The quantitative estimate of drug-likeness (QED) is 0.888. The summed E-state index contributed by atoms with van der Waals surface area (Å²) in [6.07, 6.45) is 0. The number of ether oxygens (including phenoxy) is 1. The Morgan fingerprint density at radius 2 is 2.25 bits per heavy atom. The van der Waals surface area contributed by atoms with Crippen molar-refractivity contribution in [3.05, 3.63) is 39.8 Å². The van der Waals surface area contributed by atoms with Gasteiger partial charge in [0.25, 0.3) is 5.91 Å². The van der Waals surface area contributed by atoms with Crippen LogP contribution in [0.5, 0.6) is 5.75 Å². The lowest BCUT2D eigenvalue weighted by molar-refractivity contribution is -0.122. The molecule has 0 saturated carbocycles. The second-order valence-corrected chi connectivity index (χ2v) is 5.08. The van der Waals surface area contributed by atoms with Crippen molar-refractivity contribution in [2.75, 3.05) is 13.2 Å². The molecule has 0 radical (unpaired) electrons. The Hall–Kier alpha value is -0.810. The number of rotatable bonds is 5. The molecule has 0 aliphatic rings. The van der Waals surface area contributed by atoms with Crippen LogP contribution in [0.2, 0.25) is 0 Å². The number of benzene rings is 1. The lowest BCUT2D eigenvalue weighted by atomic mass is 10.3. The lowest BCUT2D eigenvalue weighted by Gasteiger charge is -2.06. The maximum Gasteiger partial charge on any atom is 0.258 e. The molecule has 0 heterocycles. The lowest BCUT2D eigenvalue weighted by Crippen LogP contribution is -2.29. The van der Waals surface area contributed by atoms with E-state index in [1.165, 1.54) is 0 Å². The van der Waals surface area contributed by atoms with Gasteiger partial charge in [0.2, 0.25) is 0 Å². The van der Waals surface area contributed by atoms with Crippen molar-refractivity contribution in [1.82, 2.24) is 5.32 Å². The van der Waals surface area contributed by atoms with E-state index < -0.39 is 0 Å². The van der Waals surface area contributed by atoms with Gasteiger partial charge in [0.15, 0.2) is 6.61 Å². The van der Waals surface area contributed by atoms with Crippen LogP contribution in [0.4, 0.5) is 0 Å². The van der Waals surface area contributed by atoms with Gasteiger partial charge < -0.3 is 10.1 Å². The van der Waals surface area contributed by atoms with Crippen molar-refractivity contribution in [1.29, 1.82) is 0 Å². The van der Waals surface area contributed by atoms with Crippen LogP contribution in [-0.2, 0) is 4.79 Å². The third-order valence-electron chi connectivity index (χ3n) is 1.64. The highest BCUT2D eigenvalue weighted by atomic mass is 79.9. The van der Waals surface area contributed by atoms with Crippen molar-refractivity contribution in [3.63, 3.8) is 0 Å². The Morgan fingerprint density at radius 1 is 1.50 bits per heavy atom. The minimum Gasteiger partial charge on any atom is -0.484 e. The van der Waals surface area contributed by atoms with Crippen molar-refractivity contribution < 1.29 is 9.53 Å². The Balaban J connectivity index is 2.34. The zero-order valence-corrected chi connectivity index (χ0v) is 11.7. The van der Waals surface area contributed by atoms with Gasteiger partial charge in [-0.05, 0) is 18.2 Å². The molecule has 1 amide bonds. The SMILES string of the molecule is C=C(Br)CNC(=O)COc1cccc(Br)c1. The van der Waals surface area contributed by atoms with Crippen LogP contribution in [0.25, 0.3) is 0 Å². The van der Waals surface area contributed by atoms with E-state index >= 15 is 0 Å². The van der Waals surface area contributed by atoms with Crippen LogP contribution in [0, 0.1) is 0 Å². The van der Waals surface area contributed by atoms with Gasteiger partial charge in [0.1, 0.15) is 5.75 Å². The maximum atomic E-state index is 11.3. The van der Waals surface area contributed by atoms with E-state index in [4.69, 9.17) is 4.74 Å². The summed E-state index contributed by atoms with van der Waals surface area (Å²) in [5.74, 6) is 0.475. The Kier molecular flexibility index (Phi) is 5.55. The molecular weight excluding hydrogens is 338 g/mol. The fraction of sp³-hybridized carbons (Fsp3) is 0.182. The third-order valence-corrected chi connectivity index (χ3v) is 2.42. The van der Waals surface area contributed by atoms with E-state index in [9.17, 15) is 4.79 Å². The molecule has 0 fully saturated rings. The molecule has 1 rings (SSSR count). The smallest absolute Gasteiger partial charge is 0.258 e. The van der Waals surface area contributed by atoms with E-state index in [1.807, 2.05) is 12.1 Å². The van der Waals surface area contributed by atoms with E-state index in [0.717, 1.165) is 8.96 Å². The fourth-order valence-corrected chi connectivity index (χ4v) is 1.47. The summed E-state index contributed by atoms with van der Waals surface area (Å²) in [5.41, 5.74) is 0. The first-order valence-electron chi connectivity index (χ1n) is 4.56. The van der Waals surface area contributed by atoms with Gasteiger partial charge in [-0.3, -0.25) is 4.79 Å². The third kappa shape index (κ3) is 5.32. The molecule has 1 N–H and O–H groups in total. The molecule has 16 heavy (non-hydrogen) atoms. The van der Waals surface area contributed by atoms with Gasteiger partial charge in [-0.2, -0.15) is 0 Å². The summed E-state index contributed by atoms with van der Waals surface area (Å²) in [6, 6.07) is 7.33. The molecule has 0 spiro atoms. The number of nitrogens with one attached hydrogen (secondary N) is 1. The minimum atomic E-state index is -0.180. The first-order chi connectivity index (χ1) is 7.58. The van der Waals surface area contributed by atoms with Crippen LogP contribution in [0.3, 0.4) is 0 Å². The normalized spacial score (nSPS) is 9.62. The number of carbonyl (C=O) groups excluding carboxylic acids is 1. The first-order valence-corrected chi connectivity index (χ1v) is 6.15. The maximum absolute atomic E-state index is 11.3. The van der Waals surface area contributed by atoms with Crippen LogP contribution in [0.1, 0.15) is 0 Å². The molecule has 1 aromatic carbocycles. The average molecular weight is 349 g/mol. The first kappa shape index (κ1) is 13.3. The summed E-state index contributed by atoms with van der Waals surface area (Å²) >= 11 is 6.47. The van der Waals surface area contributed by atoms with Gasteiger partial charge in [0, 0.05) is 15.5 Å². The second kappa shape index (κ2) is 6.70.